The van der Waals surface area contributed by atoms with Crippen molar-refractivity contribution < 1.29 is 28.2 Å². The van der Waals surface area contributed by atoms with Gasteiger partial charge in [-0.25, -0.2) is 9.78 Å². The van der Waals surface area contributed by atoms with Crippen LogP contribution in [0, 0.1) is 6.92 Å². The van der Waals surface area contributed by atoms with Gasteiger partial charge in [-0.15, -0.1) is 0 Å². The Hall–Kier alpha value is -2.80. The van der Waals surface area contributed by atoms with Crippen LogP contribution in [0.4, 0.5) is 13.2 Å². The monoisotopic (exact) mass is 421 g/mol. The molecule has 1 heterocycles. The first-order chi connectivity index (χ1) is 13.5. The number of fused-ring (bicyclic) bond motifs is 1. The Bertz CT molecular complexity index is 1150. The SMILES string of the molecule is Cc1cc(C(F)(F)F)cc2c(C(=O)O)c(O)c(C3(c4ccc(Cl)cc4)CC3)nc12. The lowest BCUT2D eigenvalue weighted by molar-refractivity contribution is -0.137. The zero-order chi connectivity index (χ0) is 21.1. The zero-order valence-corrected chi connectivity index (χ0v) is 15.9. The first kappa shape index (κ1) is 19.5. The summed E-state index contributed by atoms with van der Waals surface area (Å²) in [4.78, 5) is 16.4. The van der Waals surface area contributed by atoms with E-state index in [9.17, 15) is 28.2 Å². The van der Waals surface area contributed by atoms with E-state index in [2.05, 4.69) is 4.98 Å². The molecule has 0 saturated heterocycles. The van der Waals surface area contributed by atoms with E-state index >= 15 is 0 Å². The molecule has 0 radical (unpaired) electrons. The van der Waals surface area contributed by atoms with Gasteiger partial charge in [-0.2, -0.15) is 13.2 Å². The highest BCUT2D eigenvalue weighted by molar-refractivity contribution is 6.30. The number of hydrogen-bond donors (Lipinski definition) is 2. The Morgan fingerprint density at radius 1 is 1.17 bits per heavy atom. The topological polar surface area (TPSA) is 70.4 Å². The minimum Gasteiger partial charge on any atom is -0.505 e. The van der Waals surface area contributed by atoms with Crippen LogP contribution in [-0.2, 0) is 11.6 Å². The smallest absolute Gasteiger partial charge is 0.416 e. The van der Waals surface area contributed by atoms with Gasteiger partial charge in [-0.1, -0.05) is 23.7 Å². The van der Waals surface area contributed by atoms with Gasteiger partial charge >= 0.3 is 12.1 Å². The molecule has 0 amide bonds. The summed E-state index contributed by atoms with van der Waals surface area (Å²) in [7, 11) is 0. The maximum absolute atomic E-state index is 13.2. The first-order valence-corrected chi connectivity index (χ1v) is 9.17. The number of aromatic carboxylic acids is 1. The molecule has 1 aliphatic rings. The fourth-order valence-electron chi connectivity index (χ4n) is 3.80. The van der Waals surface area contributed by atoms with E-state index in [0.717, 1.165) is 17.7 Å². The number of halogens is 4. The van der Waals surface area contributed by atoms with Crippen molar-refractivity contribution in [3.05, 3.63) is 69.4 Å². The normalized spacial score (nSPS) is 15.5. The highest BCUT2D eigenvalue weighted by atomic mass is 35.5. The van der Waals surface area contributed by atoms with Gasteiger partial charge in [0.15, 0.2) is 5.75 Å². The molecule has 0 unspecified atom stereocenters. The van der Waals surface area contributed by atoms with Gasteiger partial charge in [-0.05, 0) is 55.2 Å². The molecule has 1 fully saturated rings. The molecule has 3 aromatic rings. The second-order valence-corrected chi connectivity index (χ2v) is 7.70. The van der Waals surface area contributed by atoms with Crippen LogP contribution >= 0.6 is 11.6 Å². The molecule has 0 atom stereocenters. The Morgan fingerprint density at radius 3 is 2.31 bits per heavy atom. The van der Waals surface area contributed by atoms with Gasteiger partial charge in [0.05, 0.1) is 16.8 Å². The number of aromatic nitrogens is 1. The number of benzene rings is 2. The summed E-state index contributed by atoms with van der Waals surface area (Å²) in [5.41, 5.74) is -0.967. The molecular weight excluding hydrogens is 407 g/mol. The first-order valence-electron chi connectivity index (χ1n) is 8.79. The third-order valence-corrected chi connectivity index (χ3v) is 5.65. The second kappa shape index (κ2) is 6.35. The van der Waals surface area contributed by atoms with Crippen LogP contribution < -0.4 is 0 Å². The van der Waals surface area contributed by atoms with Crippen molar-refractivity contribution in [1.29, 1.82) is 0 Å². The van der Waals surface area contributed by atoms with Crippen LogP contribution in [0.25, 0.3) is 10.9 Å². The summed E-state index contributed by atoms with van der Waals surface area (Å²) >= 11 is 5.94. The summed E-state index contributed by atoms with van der Waals surface area (Å²) in [6.45, 7) is 1.44. The van der Waals surface area contributed by atoms with Crippen LogP contribution in [0.3, 0.4) is 0 Å². The van der Waals surface area contributed by atoms with Crippen molar-refractivity contribution in [3.63, 3.8) is 0 Å². The average Bonchev–Trinajstić information content (AvgIpc) is 3.42. The number of rotatable bonds is 3. The largest absolute Gasteiger partial charge is 0.505 e. The number of carboxylic acid groups (broad SMARTS) is 1. The summed E-state index contributed by atoms with van der Waals surface area (Å²) in [5, 5.41) is 20.8. The van der Waals surface area contributed by atoms with E-state index < -0.39 is 34.4 Å². The van der Waals surface area contributed by atoms with Crippen LogP contribution in [0.2, 0.25) is 5.02 Å². The maximum Gasteiger partial charge on any atom is 0.416 e. The van der Waals surface area contributed by atoms with Crippen LogP contribution in [0.5, 0.6) is 5.75 Å². The predicted molar refractivity (Wildman–Crippen MR) is 102 cm³/mol. The minimum atomic E-state index is -4.65. The van der Waals surface area contributed by atoms with E-state index in [-0.39, 0.29) is 22.2 Å². The Labute approximate surface area is 168 Å². The zero-order valence-electron chi connectivity index (χ0n) is 15.1. The van der Waals surface area contributed by atoms with E-state index in [4.69, 9.17) is 11.6 Å². The average molecular weight is 422 g/mol. The number of aromatic hydroxyl groups is 1. The standard InChI is InChI=1S/C21H15ClF3NO3/c1-10-8-12(21(23,24)25)9-14-15(19(28)29)17(27)18(26-16(10)14)20(6-7-20)11-2-4-13(22)5-3-11/h2-5,8-9,27H,6-7H2,1H3,(H,28,29). The minimum absolute atomic E-state index is 0.128. The number of nitrogens with zero attached hydrogens (tertiary/aromatic N) is 1. The van der Waals surface area contributed by atoms with E-state index in [1.807, 2.05) is 0 Å². The van der Waals surface area contributed by atoms with E-state index in [1.165, 1.54) is 6.92 Å². The Morgan fingerprint density at radius 2 is 1.79 bits per heavy atom. The molecule has 2 N–H and O–H groups in total. The van der Waals surface area contributed by atoms with Crippen molar-refractivity contribution in [2.75, 3.05) is 0 Å². The second-order valence-electron chi connectivity index (χ2n) is 7.27. The van der Waals surface area contributed by atoms with Crippen molar-refractivity contribution in [1.82, 2.24) is 4.98 Å². The van der Waals surface area contributed by atoms with Crippen LogP contribution in [0.15, 0.2) is 36.4 Å². The van der Waals surface area contributed by atoms with Crippen molar-refractivity contribution in [3.8, 4) is 5.75 Å². The summed E-state index contributed by atoms with van der Waals surface area (Å²) < 4.78 is 39.7. The van der Waals surface area contributed by atoms with Crippen molar-refractivity contribution in [2.45, 2.75) is 31.4 Å². The highest BCUT2D eigenvalue weighted by Crippen LogP contribution is 2.56. The number of carboxylic acids is 1. The number of alkyl halides is 3. The molecule has 0 aliphatic heterocycles. The molecule has 0 bridgehead atoms. The lowest BCUT2D eigenvalue weighted by atomic mass is 9.88. The predicted octanol–water partition coefficient (Wildman–Crippen LogP) is 5.70. The fraction of sp³-hybridized carbons (Fsp3) is 0.238. The van der Waals surface area contributed by atoms with Crippen LogP contribution in [-0.4, -0.2) is 21.2 Å². The Kier molecular flexibility index (Phi) is 4.27. The van der Waals surface area contributed by atoms with Gasteiger partial charge < -0.3 is 10.2 Å². The maximum atomic E-state index is 13.2. The Balaban J connectivity index is 2.03. The quantitative estimate of drug-likeness (QED) is 0.569. The number of pyridine rings is 1. The van der Waals surface area contributed by atoms with Gasteiger partial charge in [0, 0.05) is 15.8 Å². The molecular formula is C21H15ClF3NO3. The molecule has 1 aliphatic carbocycles. The lowest BCUT2D eigenvalue weighted by Crippen LogP contribution is -2.15. The third kappa shape index (κ3) is 3.09. The third-order valence-electron chi connectivity index (χ3n) is 5.40. The van der Waals surface area contributed by atoms with Crippen molar-refractivity contribution in [2.24, 2.45) is 0 Å². The molecule has 4 nitrogen and oxygen atoms in total. The fourth-order valence-corrected chi connectivity index (χ4v) is 3.93. The lowest BCUT2D eigenvalue weighted by Gasteiger charge is -2.20. The molecule has 0 spiro atoms. The van der Waals surface area contributed by atoms with E-state index in [1.54, 1.807) is 24.3 Å². The molecule has 29 heavy (non-hydrogen) atoms. The molecule has 4 rings (SSSR count). The van der Waals surface area contributed by atoms with Crippen molar-refractivity contribution >= 4 is 28.5 Å². The van der Waals surface area contributed by atoms with Gasteiger partial charge in [0.1, 0.15) is 5.56 Å². The van der Waals surface area contributed by atoms with E-state index in [0.29, 0.717) is 17.9 Å². The molecule has 1 saturated carbocycles. The number of carbonyl (C=O) groups is 1. The van der Waals surface area contributed by atoms with Crippen LogP contribution in [0.1, 0.15) is 45.6 Å². The van der Waals surface area contributed by atoms with Gasteiger partial charge in [0.2, 0.25) is 0 Å². The number of hydrogen-bond acceptors (Lipinski definition) is 3. The van der Waals surface area contributed by atoms with Gasteiger partial charge in [-0.3, -0.25) is 0 Å². The highest BCUT2D eigenvalue weighted by Gasteiger charge is 2.50. The summed E-state index contributed by atoms with van der Waals surface area (Å²) in [5.74, 6) is -2.11. The molecule has 150 valence electrons. The molecule has 2 aromatic carbocycles. The summed E-state index contributed by atoms with van der Waals surface area (Å²) in [6, 6.07) is 8.59. The summed E-state index contributed by atoms with van der Waals surface area (Å²) in [6.07, 6.45) is -3.40. The number of aryl methyl sites for hydroxylation is 1. The van der Waals surface area contributed by atoms with Gasteiger partial charge in [0.25, 0.3) is 0 Å². The molecule has 8 heteroatoms. The molecule has 1 aromatic heterocycles.